The highest BCUT2D eigenvalue weighted by molar-refractivity contribution is 5.32. The van der Waals surface area contributed by atoms with Crippen molar-refractivity contribution >= 4 is 0 Å². The fourth-order valence-electron chi connectivity index (χ4n) is 1.57. The molecule has 0 saturated carbocycles. The van der Waals surface area contributed by atoms with E-state index in [4.69, 9.17) is 0 Å². The molecule has 0 aromatic heterocycles. The van der Waals surface area contributed by atoms with Crippen molar-refractivity contribution in [3.05, 3.63) is 65.5 Å². The van der Waals surface area contributed by atoms with E-state index in [-0.39, 0.29) is 5.75 Å². The van der Waals surface area contributed by atoms with E-state index in [1.54, 1.807) is 6.07 Å². The molecule has 0 spiro atoms. The van der Waals surface area contributed by atoms with Crippen molar-refractivity contribution in [2.24, 2.45) is 0 Å². The number of hydrogen-bond acceptors (Lipinski definition) is 1. The van der Waals surface area contributed by atoms with Gasteiger partial charge in [0.25, 0.3) is 0 Å². The van der Waals surface area contributed by atoms with Gasteiger partial charge in [0.2, 0.25) is 0 Å². The molecule has 1 N–H and O–H groups in total. The van der Waals surface area contributed by atoms with Gasteiger partial charge in [-0.2, -0.15) is 0 Å². The molecule has 2 aromatic carbocycles. The van der Waals surface area contributed by atoms with Crippen LogP contribution in [0.1, 0.15) is 11.1 Å². The summed E-state index contributed by atoms with van der Waals surface area (Å²) in [6.07, 6.45) is 0.631. The molecule has 0 radical (unpaired) electrons. The zero-order valence-electron chi connectivity index (χ0n) is 8.15. The molecule has 0 atom stereocenters. The molecule has 0 unspecified atom stereocenters. The van der Waals surface area contributed by atoms with E-state index in [1.165, 1.54) is 6.07 Å². The van der Waals surface area contributed by atoms with Crippen molar-refractivity contribution in [2.45, 2.75) is 6.42 Å². The Balaban J connectivity index is 2.25. The Morgan fingerprint density at radius 1 is 0.933 bits per heavy atom. The molecule has 0 amide bonds. The van der Waals surface area contributed by atoms with Crippen LogP contribution in [-0.4, -0.2) is 5.11 Å². The molecule has 15 heavy (non-hydrogen) atoms. The zero-order chi connectivity index (χ0) is 10.7. The Morgan fingerprint density at radius 3 is 2.33 bits per heavy atom. The van der Waals surface area contributed by atoms with E-state index in [2.05, 4.69) is 0 Å². The minimum Gasteiger partial charge on any atom is -0.508 e. The van der Waals surface area contributed by atoms with Crippen molar-refractivity contribution in [2.75, 3.05) is 0 Å². The standard InChI is InChI=1S/C13H11FO/c14-12-7-11(8-13(15)9-12)6-10-4-2-1-3-5-10/h1-5,7-9,15H,6H2. The zero-order valence-corrected chi connectivity index (χ0v) is 8.15. The third kappa shape index (κ3) is 2.56. The number of aromatic hydroxyl groups is 1. The second-order valence-electron chi connectivity index (χ2n) is 3.48. The summed E-state index contributed by atoms with van der Waals surface area (Å²) >= 11 is 0. The SMILES string of the molecule is Oc1cc(F)cc(Cc2ccccc2)c1. The average molecular weight is 202 g/mol. The molecule has 0 aliphatic carbocycles. The second-order valence-corrected chi connectivity index (χ2v) is 3.48. The van der Waals surface area contributed by atoms with Gasteiger partial charge >= 0.3 is 0 Å². The van der Waals surface area contributed by atoms with Gasteiger partial charge in [-0.1, -0.05) is 30.3 Å². The lowest BCUT2D eigenvalue weighted by molar-refractivity contribution is 0.468. The van der Waals surface area contributed by atoms with Gasteiger partial charge < -0.3 is 5.11 Å². The average Bonchev–Trinajstić information content (AvgIpc) is 2.17. The number of hydrogen-bond donors (Lipinski definition) is 1. The maximum Gasteiger partial charge on any atom is 0.127 e. The van der Waals surface area contributed by atoms with Gasteiger partial charge in [0, 0.05) is 6.07 Å². The maximum atomic E-state index is 13.0. The molecule has 0 bridgehead atoms. The summed E-state index contributed by atoms with van der Waals surface area (Å²) in [7, 11) is 0. The van der Waals surface area contributed by atoms with E-state index >= 15 is 0 Å². The van der Waals surface area contributed by atoms with Crippen LogP contribution >= 0.6 is 0 Å². The molecular formula is C13H11FO. The number of halogens is 1. The molecule has 0 saturated heterocycles. The lowest BCUT2D eigenvalue weighted by Crippen LogP contribution is -1.88. The van der Waals surface area contributed by atoms with Crippen molar-refractivity contribution in [3.63, 3.8) is 0 Å². The highest BCUT2D eigenvalue weighted by Gasteiger charge is 2.00. The van der Waals surface area contributed by atoms with Crippen molar-refractivity contribution in [1.29, 1.82) is 0 Å². The normalized spacial score (nSPS) is 10.2. The topological polar surface area (TPSA) is 20.2 Å². The fourth-order valence-corrected chi connectivity index (χ4v) is 1.57. The van der Waals surface area contributed by atoms with Crippen LogP contribution < -0.4 is 0 Å². The summed E-state index contributed by atoms with van der Waals surface area (Å²) in [4.78, 5) is 0. The van der Waals surface area contributed by atoms with Gasteiger partial charge in [-0.3, -0.25) is 0 Å². The van der Waals surface area contributed by atoms with Crippen LogP contribution in [-0.2, 0) is 6.42 Å². The van der Waals surface area contributed by atoms with Crippen LogP contribution in [0.4, 0.5) is 4.39 Å². The monoisotopic (exact) mass is 202 g/mol. The van der Waals surface area contributed by atoms with Crippen LogP contribution in [0.15, 0.2) is 48.5 Å². The quantitative estimate of drug-likeness (QED) is 0.793. The van der Waals surface area contributed by atoms with Gasteiger partial charge in [0.05, 0.1) is 0 Å². The minimum absolute atomic E-state index is 0.0269. The number of phenolic OH excluding ortho intramolecular Hbond substituents is 1. The number of benzene rings is 2. The van der Waals surface area contributed by atoms with E-state index in [0.29, 0.717) is 6.42 Å². The third-order valence-electron chi connectivity index (χ3n) is 2.19. The van der Waals surface area contributed by atoms with Crippen LogP contribution in [0, 0.1) is 5.82 Å². The fraction of sp³-hybridized carbons (Fsp3) is 0.0769. The summed E-state index contributed by atoms with van der Waals surface area (Å²) in [6, 6.07) is 13.9. The summed E-state index contributed by atoms with van der Waals surface area (Å²) in [5.74, 6) is -0.429. The van der Waals surface area contributed by atoms with Gasteiger partial charge in [0.1, 0.15) is 11.6 Å². The van der Waals surface area contributed by atoms with Gasteiger partial charge in [-0.15, -0.1) is 0 Å². The van der Waals surface area contributed by atoms with E-state index < -0.39 is 5.82 Å². The Labute approximate surface area is 87.8 Å². The van der Waals surface area contributed by atoms with Crippen molar-refractivity contribution < 1.29 is 9.50 Å². The first-order chi connectivity index (χ1) is 7.24. The Bertz CT molecular complexity index is 431. The smallest absolute Gasteiger partial charge is 0.127 e. The predicted octanol–water partition coefficient (Wildman–Crippen LogP) is 3.12. The summed E-state index contributed by atoms with van der Waals surface area (Å²) in [5.41, 5.74) is 1.88. The highest BCUT2D eigenvalue weighted by atomic mass is 19.1. The van der Waals surface area contributed by atoms with Crippen LogP contribution in [0.25, 0.3) is 0 Å². The highest BCUT2D eigenvalue weighted by Crippen LogP contribution is 2.17. The van der Waals surface area contributed by atoms with Crippen molar-refractivity contribution in [1.82, 2.24) is 0 Å². The van der Waals surface area contributed by atoms with E-state index in [9.17, 15) is 9.50 Å². The lowest BCUT2D eigenvalue weighted by atomic mass is 10.0. The molecule has 0 aliphatic rings. The van der Waals surface area contributed by atoms with Crippen LogP contribution in [0.3, 0.4) is 0 Å². The largest absolute Gasteiger partial charge is 0.508 e. The first-order valence-electron chi connectivity index (χ1n) is 4.76. The molecule has 76 valence electrons. The maximum absolute atomic E-state index is 13.0. The molecule has 1 nitrogen and oxygen atoms in total. The number of phenols is 1. The third-order valence-corrected chi connectivity index (χ3v) is 2.19. The Morgan fingerprint density at radius 2 is 1.67 bits per heavy atom. The Kier molecular flexibility index (Phi) is 2.68. The van der Waals surface area contributed by atoms with Crippen molar-refractivity contribution in [3.8, 4) is 5.75 Å². The summed E-state index contributed by atoms with van der Waals surface area (Å²) in [6.45, 7) is 0. The van der Waals surface area contributed by atoms with E-state index in [1.807, 2.05) is 30.3 Å². The summed E-state index contributed by atoms with van der Waals surface area (Å²) in [5, 5.41) is 9.23. The molecule has 0 fully saturated rings. The molecule has 2 heteroatoms. The number of rotatable bonds is 2. The van der Waals surface area contributed by atoms with Gasteiger partial charge in [-0.25, -0.2) is 4.39 Å². The molecular weight excluding hydrogens is 191 g/mol. The lowest BCUT2D eigenvalue weighted by Gasteiger charge is -2.02. The molecule has 0 heterocycles. The second kappa shape index (κ2) is 4.13. The van der Waals surface area contributed by atoms with Crippen LogP contribution in [0.5, 0.6) is 5.75 Å². The first-order valence-corrected chi connectivity index (χ1v) is 4.76. The van der Waals surface area contributed by atoms with Gasteiger partial charge in [-0.05, 0) is 29.7 Å². The molecule has 2 aromatic rings. The minimum atomic E-state index is -0.402. The van der Waals surface area contributed by atoms with E-state index in [0.717, 1.165) is 17.2 Å². The Hall–Kier alpha value is -1.83. The van der Waals surface area contributed by atoms with Gasteiger partial charge in [0.15, 0.2) is 0 Å². The van der Waals surface area contributed by atoms with Crippen LogP contribution in [0.2, 0.25) is 0 Å². The predicted molar refractivity (Wildman–Crippen MR) is 57.3 cm³/mol. The molecule has 0 aliphatic heterocycles. The molecule has 2 rings (SSSR count). The first kappa shape index (κ1) is 9.71. The summed E-state index contributed by atoms with van der Waals surface area (Å²) < 4.78 is 13.0.